The van der Waals surface area contributed by atoms with E-state index in [2.05, 4.69) is 15.0 Å². The van der Waals surface area contributed by atoms with Crippen molar-refractivity contribution in [2.75, 3.05) is 0 Å². The fraction of sp³-hybridized carbons (Fsp3) is 0.100. The minimum absolute atomic E-state index is 0.590. The molecule has 1 amide bonds. The van der Waals surface area contributed by atoms with Crippen LogP contribution >= 0.6 is 0 Å². The molecule has 0 atom stereocenters. The van der Waals surface area contributed by atoms with Crippen LogP contribution in [0.25, 0.3) is 22.6 Å². The largest absolute Gasteiger partial charge is 0.288 e. The number of aryl methyl sites for hydroxylation is 2. The van der Waals surface area contributed by atoms with Crippen LogP contribution in [0.3, 0.4) is 0 Å². The zero-order chi connectivity index (χ0) is 19.2. The topological polar surface area (TPSA) is 95.3 Å². The quantitative estimate of drug-likeness (QED) is 0.191. The summed E-state index contributed by atoms with van der Waals surface area (Å²) in [6.07, 6.45) is 7.47. The van der Waals surface area contributed by atoms with Gasteiger partial charge in [0.1, 0.15) is 0 Å². The van der Waals surface area contributed by atoms with Crippen molar-refractivity contribution in [2.45, 2.75) is 13.8 Å². The molecular weight excluding hydrogens is 328 g/mol. The van der Waals surface area contributed by atoms with Crippen LogP contribution in [0, 0.1) is 13.8 Å². The molecule has 6 nitrogen and oxygen atoms in total. The van der Waals surface area contributed by atoms with Crippen LogP contribution in [0.4, 0.5) is 0 Å². The summed E-state index contributed by atoms with van der Waals surface area (Å²) in [6, 6.07) is 15.6. The maximum atomic E-state index is 10.8. The van der Waals surface area contributed by atoms with Crippen LogP contribution in [-0.4, -0.2) is 12.0 Å². The van der Waals surface area contributed by atoms with Gasteiger partial charge in [0.05, 0.1) is 0 Å². The first-order valence-corrected chi connectivity index (χ1v) is 7.69. The van der Waals surface area contributed by atoms with E-state index >= 15 is 0 Å². The van der Waals surface area contributed by atoms with Crippen LogP contribution < -0.4 is 0 Å². The van der Waals surface area contributed by atoms with Crippen LogP contribution in [0.1, 0.15) is 22.3 Å². The Morgan fingerprint density at radius 3 is 1.92 bits per heavy atom. The summed E-state index contributed by atoms with van der Waals surface area (Å²) >= 11 is 0. The van der Waals surface area contributed by atoms with Gasteiger partial charge in [-0.2, -0.15) is 4.99 Å². The molecule has 0 saturated carbocycles. The number of hydrogen-bond donors (Lipinski definition) is 0. The third kappa shape index (κ3) is 8.79. The first-order valence-electron chi connectivity index (χ1n) is 7.69. The second kappa shape index (κ2) is 11.8. The fourth-order valence-corrected chi connectivity index (χ4v) is 1.75. The molecule has 0 aliphatic carbocycles. The number of aliphatic imine (C=N–C) groups is 1. The Morgan fingerprint density at radius 1 is 0.962 bits per heavy atom. The molecule has 0 heterocycles. The van der Waals surface area contributed by atoms with Crippen LogP contribution in [0.15, 0.2) is 70.9 Å². The number of carbonyl (C=O) groups is 1. The predicted octanol–water partition coefficient (Wildman–Crippen LogP) is 5.15. The van der Waals surface area contributed by atoms with E-state index in [1.807, 2.05) is 62.4 Å². The highest BCUT2D eigenvalue weighted by Crippen LogP contribution is 2.05. The predicted molar refractivity (Wildman–Crippen MR) is 103 cm³/mol. The van der Waals surface area contributed by atoms with Crippen LogP contribution in [-0.2, 0) is 9.59 Å². The lowest BCUT2D eigenvalue weighted by atomic mass is 10.1. The second-order valence-electron chi connectivity index (χ2n) is 5.22. The molecule has 0 aromatic heterocycles. The Labute approximate surface area is 151 Å². The average molecular weight is 346 g/mol. The third-order valence-corrected chi connectivity index (χ3v) is 3.11. The van der Waals surface area contributed by atoms with Gasteiger partial charge in [0.2, 0.25) is 12.0 Å². The standard InChI is InChI=1S/C10H9N3O.C10H9NO/c1-8-2-4-9(5-3-8)6-7-10(14)12-13-11;1-9-2-4-10(5-3-9)6-7-11-8-12/h2-7H,1H3;2-7H,1H3. The molecule has 0 N–H and O–H groups in total. The van der Waals surface area contributed by atoms with Gasteiger partial charge in [-0.15, -0.1) is 0 Å². The lowest BCUT2D eigenvalue weighted by Gasteiger charge is -1.93. The Kier molecular flexibility index (Phi) is 9.19. The molecule has 2 aromatic rings. The summed E-state index contributed by atoms with van der Waals surface area (Å²) in [6.45, 7) is 4.01. The normalized spacial score (nSPS) is 9.77. The molecule has 2 aromatic carbocycles. The molecule has 2 rings (SSSR count). The van der Waals surface area contributed by atoms with E-state index in [-0.39, 0.29) is 0 Å². The summed E-state index contributed by atoms with van der Waals surface area (Å²) in [5, 5.41) is 2.91. The molecule has 6 heteroatoms. The molecule has 0 bridgehead atoms. The van der Waals surface area contributed by atoms with E-state index < -0.39 is 5.91 Å². The maximum absolute atomic E-state index is 10.8. The Balaban J connectivity index is 0.000000263. The molecule has 0 radical (unpaired) electrons. The molecule has 0 fully saturated rings. The number of carbonyl (C=O) groups excluding carboxylic acids is 2. The Bertz CT molecular complexity index is 869. The van der Waals surface area contributed by atoms with E-state index in [4.69, 9.17) is 5.53 Å². The molecule has 0 unspecified atom stereocenters. The number of nitrogens with zero attached hydrogens (tertiary/aromatic N) is 4. The van der Waals surface area contributed by atoms with Crippen molar-refractivity contribution >= 4 is 24.1 Å². The highest BCUT2D eigenvalue weighted by molar-refractivity contribution is 5.92. The lowest BCUT2D eigenvalue weighted by molar-refractivity contribution is -0.113. The molecule has 0 aliphatic heterocycles. The Hall–Kier alpha value is -3.72. The summed E-state index contributed by atoms with van der Waals surface area (Å²) in [4.78, 5) is 26.2. The van der Waals surface area contributed by atoms with Crippen molar-refractivity contribution in [3.8, 4) is 0 Å². The van der Waals surface area contributed by atoms with Gasteiger partial charge in [0.25, 0.3) is 0 Å². The monoisotopic (exact) mass is 346 g/mol. The van der Waals surface area contributed by atoms with E-state index in [0.717, 1.165) is 16.7 Å². The molecule has 0 aliphatic rings. The summed E-state index contributed by atoms with van der Waals surface area (Å²) < 4.78 is 0. The highest BCUT2D eigenvalue weighted by atomic mass is 16.1. The van der Waals surface area contributed by atoms with E-state index in [0.29, 0.717) is 0 Å². The van der Waals surface area contributed by atoms with Gasteiger partial charge in [0.15, 0.2) is 0 Å². The number of benzene rings is 2. The number of rotatable bonds is 4. The van der Waals surface area contributed by atoms with Crippen molar-refractivity contribution in [1.29, 1.82) is 0 Å². The minimum atomic E-state index is -0.590. The van der Waals surface area contributed by atoms with Crippen molar-refractivity contribution in [2.24, 2.45) is 10.1 Å². The van der Waals surface area contributed by atoms with Crippen LogP contribution in [0.2, 0.25) is 0 Å². The second-order valence-corrected chi connectivity index (χ2v) is 5.22. The smallest absolute Gasteiger partial charge is 0.242 e. The lowest BCUT2D eigenvalue weighted by Crippen LogP contribution is -1.82. The van der Waals surface area contributed by atoms with Crippen molar-refractivity contribution < 1.29 is 9.59 Å². The number of hydrogen-bond acceptors (Lipinski definition) is 3. The summed E-state index contributed by atoms with van der Waals surface area (Å²) in [7, 11) is 0. The van der Waals surface area contributed by atoms with Gasteiger partial charge in [-0.1, -0.05) is 65.7 Å². The van der Waals surface area contributed by atoms with Gasteiger partial charge >= 0.3 is 0 Å². The molecule has 130 valence electrons. The van der Waals surface area contributed by atoms with E-state index in [9.17, 15) is 9.59 Å². The summed E-state index contributed by atoms with van der Waals surface area (Å²) in [5.74, 6) is -0.590. The first-order chi connectivity index (χ1) is 12.5. The Morgan fingerprint density at radius 2 is 1.46 bits per heavy atom. The van der Waals surface area contributed by atoms with Crippen molar-refractivity contribution in [3.63, 3.8) is 0 Å². The highest BCUT2D eigenvalue weighted by Gasteiger charge is 1.90. The van der Waals surface area contributed by atoms with Gasteiger partial charge < -0.3 is 0 Å². The van der Waals surface area contributed by atoms with Crippen molar-refractivity contribution in [3.05, 3.63) is 93.5 Å². The van der Waals surface area contributed by atoms with Crippen molar-refractivity contribution in [1.82, 2.24) is 0 Å². The van der Waals surface area contributed by atoms with Gasteiger partial charge in [0, 0.05) is 11.1 Å². The van der Waals surface area contributed by atoms with Gasteiger partial charge in [-0.3, -0.25) is 4.79 Å². The number of amides is 1. The van der Waals surface area contributed by atoms with Crippen LogP contribution in [0.5, 0.6) is 0 Å². The zero-order valence-corrected chi connectivity index (χ0v) is 14.5. The zero-order valence-electron chi connectivity index (χ0n) is 14.5. The number of azide groups is 1. The summed E-state index contributed by atoms with van der Waals surface area (Å²) in [5.41, 5.74) is 12.3. The molecule has 0 saturated heterocycles. The fourth-order valence-electron chi connectivity index (χ4n) is 1.75. The maximum Gasteiger partial charge on any atom is 0.242 e. The van der Waals surface area contributed by atoms with E-state index in [1.165, 1.54) is 23.9 Å². The molecule has 0 spiro atoms. The minimum Gasteiger partial charge on any atom is -0.288 e. The van der Waals surface area contributed by atoms with E-state index in [1.54, 1.807) is 12.2 Å². The SMILES string of the molecule is Cc1ccc(C=CC(=O)N=[N+]=[N-])cc1.Cc1ccc(C=CN=C=O)cc1. The first kappa shape index (κ1) is 20.3. The van der Waals surface area contributed by atoms with Gasteiger partial charge in [-0.25, -0.2) is 4.79 Å². The van der Waals surface area contributed by atoms with Gasteiger partial charge in [-0.05, 0) is 47.8 Å². The number of isocyanates is 1. The molecule has 26 heavy (non-hydrogen) atoms. The average Bonchev–Trinajstić information content (AvgIpc) is 2.64. The molecular formula is C20H18N4O2. The third-order valence-electron chi connectivity index (χ3n) is 3.11.